The van der Waals surface area contributed by atoms with E-state index in [1.54, 1.807) is 0 Å². The summed E-state index contributed by atoms with van der Waals surface area (Å²) in [6.45, 7) is 13.0. The van der Waals surface area contributed by atoms with Gasteiger partial charge in [-0.2, -0.15) is 5.10 Å². The van der Waals surface area contributed by atoms with Crippen molar-refractivity contribution in [1.82, 2.24) is 15.1 Å². The second kappa shape index (κ2) is 9.00. The molecule has 1 N–H and O–H groups in total. The van der Waals surface area contributed by atoms with Gasteiger partial charge in [-0.1, -0.05) is 27.2 Å². The van der Waals surface area contributed by atoms with Crippen LogP contribution in [-0.2, 0) is 11.3 Å². The van der Waals surface area contributed by atoms with Crippen LogP contribution < -0.4 is 0 Å². The predicted molar refractivity (Wildman–Crippen MR) is 100 cm³/mol. The van der Waals surface area contributed by atoms with Gasteiger partial charge >= 0.3 is 0 Å². The molecule has 0 saturated heterocycles. The molecular weight excluding hydrogens is 298 g/mol. The molecule has 1 heterocycles. The monoisotopic (exact) mass is 335 g/mol. The molecule has 2 rings (SSSR count). The Morgan fingerprint density at radius 1 is 1.38 bits per heavy atom. The van der Waals surface area contributed by atoms with Crippen LogP contribution in [0, 0.1) is 11.3 Å². The molecule has 1 aromatic heterocycles. The summed E-state index contributed by atoms with van der Waals surface area (Å²) in [4.78, 5) is 2.42. The first-order valence-corrected chi connectivity index (χ1v) is 9.76. The zero-order chi connectivity index (χ0) is 17.6. The Bertz CT molecular complexity index is 483. The van der Waals surface area contributed by atoms with E-state index in [1.165, 1.54) is 43.4 Å². The average molecular weight is 336 g/mol. The van der Waals surface area contributed by atoms with Crippen LogP contribution in [0.15, 0.2) is 6.20 Å². The Labute approximate surface area is 148 Å². The van der Waals surface area contributed by atoms with Crippen molar-refractivity contribution in [2.75, 3.05) is 26.8 Å². The quantitative estimate of drug-likeness (QED) is 0.717. The summed E-state index contributed by atoms with van der Waals surface area (Å²) >= 11 is 0. The van der Waals surface area contributed by atoms with Crippen LogP contribution in [0.4, 0.5) is 0 Å². The number of rotatable bonds is 9. The van der Waals surface area contributed by atoms with E-state index < -0.39 is 0 Å². The van der Waals surface area contributed by atoms with E-state index in [9.17, 15) is 0 Å². The van der Waals surface area contributed by atoms with Crippen LogP contribution >= 0.6 is 0 Å². The molecule has 0 spiro atoms. The maximum absolute atomic E-state index is 5.78. The van der Waals surface area contributed by atoms with Crippen molar-refractivity contribution in [3.05, 3.63) is 17.5 Å². The van der Waals surface area contributed by atoms with Crippen molar-refractivity contribution < 1.29 is 4.74 Å². The van der Waals surface area contributed by atoms with Gasteiger partial charge in [-0.05, 0) is 57.5 Å². The van der Waals surface area contributed by atoms with Crippen LogP contribution in [0.3, 0.4) is 0 Å². The molecule has 0 amide bonds. The van der Waals surface area contributed by atoms with E-state index in [0.29, 0.717) is 17.3 Å². The molecule has 0 radical (unpaired) electrons. The SMILES string of the molecule is CCCCN(C)Cc1cn[nH]c1C1CCC(C)(C)C(COCC)C1. The van der Waals surface area contributed by atoms with Crippen LogP contribution in [0.25, 0.3) is 0 Å². The van der Waals surface area contributed by atoms with Gasteiger partial charge in [-0.3, -0.25) is 5.10 Å². The molecule has 1 saturated carbocycles. The second-order valence-corrected chi connectivity index (χ2v) is 8.22. The number of hydrogen-bond donors (Lipinski definition) is 1. The number of hydrogen-bond acceptors (Lipinski definition) is 3. The third-order valence-corrected chi connectivity index (χ3v) is 5.83. The normalized spacial score (nSPS) is 23.8. The number of nitrogens with zero attached hydrogens (tertiary/aromatic N) is 2. The molecule has 0 bridgehead atoms. The molecule has 0 aliphatic heterocycles. The topological polar surface area (TPSA) is 41.2 Å². The van der Waals surface area contributed by atoms with E-state index in [1.807, 2.05) is 6.20 Å². The highest BCUT2D eigenvalue weighted by Crippen LogP contribution is 2.46. The summed E-state index contributed by atoms with van der Waals surface area (Å²) in [7, 11) is 2.22. The van der Waals surface area contributed by atoms with E-state index in [2.05, 4.69) is 49.8 Å². The maximum Gasteiger partial charge on any atom is 0.0535 e. The van der Waals surface area contributed by atoms with Gasteiger partial charge in [0.05, 0.1) is 6.20 Å². The van der Waals surface area contributed by atoms with Gasteiger partial charge in [-0.25, -0.2) is 0 Å². The van der Waals surface area contributed by atoms with Gasteiger partial charge in [0.25, 0.3) is 0 Å². The van der Waals surface area contributed by atoms with Gasteiger partial charge in [0.15, 0.2) is 0 Å². The standard InChI is InChI=1S/C20H37N3O/c1-6-8-11-23(5)14-17-13-21-22-19(17)16-9-10-20(3,4)18(12-16)15-24-7-2/h13,16,18H,6-12,14-15H2,1-5H3,(H,21,22). The van der Waals surface area contributed by atoms with Crippen LogP contribution in [-0.4, -0.2) is 41.9 Å². The van der Waals surface area contributed by atoms with E-state index >= 15 is 0 Å². The van der Waals surface area contributed by atoms with Crippen molar-refractivity contribution in [1.29, 1.82) is 0 Å². The molecule has 138 valence electrons. The minimum atomic E-state index is 0.379. The van der Waals surface area contributed by atoms with Crippen molar-refractivity contribution in [2.24, 2.45) is 11.3 Å². The third-order valence-electron chi connectivity index (χ3n) is 5.83. The summed E-state index contributed by atoms with van der Waals surface area (Å²) in [6, 6.07) is 0. The van der Waals surface area contributed by atoms with E-state index in [0.717, 1.165) is 26.3 Å². The molecular formula is C20H37N3O. The minimum Gasteiger partial charge on any atom is -0.381 e. The van der Waals surface area contributed by atoms with Crippen LogP contribution in [0.1, 0.15) is 77.0 Å². The molecule has 4 heteroatoms. The number of H-pyrrole nitrogens is 1. The lowest BCUT2D eigenvalue weighted by molar-refractivity contribution is 0.0223. The highest BCUT2D eigenvalue weighted by Gasteiger charge is 2.38. The lowest BCUT2D eigenvalue weighted by atomic mass is 9.65. The molecule has 1 fully saturated rings. The summed E-state index contributed by atoms with van der Waals surface area (Å²) in [6.07, 6.45) is 8.27. The first-order chi connectivity index (χ1) is 11.5. The summed E-state index contributed by atoms with van der Waals surface area (Å²) in [5.41, 5.74) is 3.13. The lowest BCUT2D eigenvalue weighted by Crippen LogP contribution is -2.34. The molecule has 1 aromatic rings. The Balaban J connectivity index is 2.02. The molecule has 1 aliphatic rings. The fourth-order valence-electron chi connectivity index (χ4n) is 3.95. The fourth-order valence-corrected chi connectivity index (χ4v) is 3.95. The Kier molecular flexibility index (Phi) is 7.30. The van der Waals surface area contributed by atoms with E-state index in [4.69, 9.17) is 4.74 Å². The zero-order valence-electron chi connectivity index (χ0n) is 16.4. The largest absolute Gasteiger partial charge is 0.381 e. The third kappa shape index (κ3) is 5.06. The molecule has 0 aromatic carbocycles. The average Bonchev–Trinajstić information content (AvgIpc) is 2.99. The Morgan fingerprint density at radius 2 is 2.17 bits per heavy atom. The fraction of sp³-hybridized carbons (Fsp3) is 0.850. The van der Waals surface area contributed by atoms with Crippen molar-refractivity contribution >= 4 is 0 Å². The number of unbranched alkanes of at least 4 members (excludes halogenated alkanes) is 1. The van der Waals surface area contributed by atoms with E-state index in [-0.39, 0.29) is 0 Å². The van der Waals surface area contributed by atoms with Crippen LogP contribution in [0.2, 0.25) is 0 Å². The summed E-state index contributed by atoms with van der Waals surface area (Å²) in [5, 5.41) is 7.69. The van der Waals surface area contributed by atoms with Crippen molar-refractivity contribution in [3.8, 4) is 0 Å². The van der Waals surface area contributed by atoms with Crippen molar-refractivity contribution in [3.63, 3.8) is 0 Å². The second-order valence-electron chi connectivity index (χ2n) is 8.22. The Hall–Kier alpha value is -0.870. The highest BCUT2D eigenvalue weighted by atomic mass is 16.5. The number of aromatic amines is 1. The number of aromatic nitrogens is 2. The van der Waals surface area contributed by atoms with Gasteiger partial charge in [0, 0.05) is 36.9 Å². The molecule has 24 heavy (non-hydrogen) atoms. The smallest absolute Gasteiger partial charge is 0.0535 e. The van der Waals surface area contributed by atoms with Gasteiger partial charge < -0.3 is 9.64 Å². The lowest BCUT2D eigenvalue weighted by Gasteiger charge is -2.42. The van der Waals surface area contributed by atoms with Gasteiger partial charge in [0.1, 0.15) is 0 Å². The first kappa shape index (κ1) is 19.5. The molecule has 2 atom stereocenters. The summed E-state index contributed by atoms with van der Waals surface area (Å²) in [5.74, 6) is 1.23. The zero-order valence-corrected chi connectivity index (χ0v) is 16.4. The van der Waals surface area contributed by atoms with Crippen LogP contribution in [0.5, 0.6) is 0 Å². The number of ether oxygens (including phenoxy) is 1. The van der Waals surface area contributed by atoms with Crippen molar-refractivity contribution in [2.45, 2.75) is 72.3 Å². The maximum atomic E-state index is 5.78. The molecule has 1 aliphatic carbocycles. The predicted octanol–water partition coefficient (Wildman–Crippen LogP) is 4.59. The minimum absolute atomic E-state index is 0.379. The van der Waals surface area contributed by atoms with Gasteiger partial charge in [-0.15, -0.1) is 0 Å². The first-order valence-electron chi connectivity index (χ1n) is 9.76. The summed E-state index contributed by atoms with van der Waals surface area (Å²) < 4.78 is 5.78. The number of nitrogens with one attached hydrogen (secondary N) is 1. The Morgan fingerprint density at radius 3 is 2.88 bits per heavy atom. The van der Waals surface area contributed by atoms with Gasteiger partial charge in [0.2, 0.25) is 0 Å². The molecule has 4 nitrogen and oxygen atoms in total. The highest BCUT2D eigenvalue weighted by molar-refractivity contribution is 5.21. The molecule has 2 unspecified atom stereocenters.